The van der Waals surface area contributed by atoms with Crippen molar-refractivity contribution in [3.05, 3.63) is 0 Å². The lowest BCUT2D eigenvalue weighted by Crippen LogP contribution is -2.47. The Morgan fingerprint density at radius 3 is 1.15 bits per heavy atom. The van der Waals surface area contributed by atoms with Crippen LogP contribution in [-0.2, 0) is 0 Å². The van der Waals surface area contributed by atoms with Gasteiger partial charge in [-0.3, -0.25) is 0 Å². The van der Waals surface area contributed by atoms with Gasteiger partial charge in [0.25, 0.3) is 0 Å². The molecule has 1 fully saturated rings. The summed E-state index contributed by atoms with van der Waals surface area (Å²) < 4.78 is 73.2. The van der Waals surface area contributed by atoms with Gasteiger partial charge < -0.3 is 0 Å². The molecule has 0 atom stereocenters. The number of hydrogen-bond acceptors (Lipinski definition) is 0. The molecule has 0 radical (unpaired) electrons. The molecule has 0 N–H and O–H groups in total. The van der Waals surface area contributed by atoms with Gasteiger partial charge in [0.2, 0.25) is 0 Å². The van der Waals surface area contributed by atoms with Crippen LogP contribution < -0.4 is 0 Å². The van der Waals surface area contributed by atoms with E-state index in [4.69, 9.17) is 0 Å². The lowest BCUT2D eigenvalue weighted by molar-refractivity contribution is -0.338. The molecule has 0 aromatic rings. The van der Waals surface area contributed by atoms with Gasteiger partial charge in [0.1, 0.15) is 0 Å². The normalized spacial score (nSPS) is 23.5. The highest BCUT2D eigenvalue weighted by molar-refractivity contribution is 4.96. The molecule has 1 aliphatic rings. The summed E-state index contributed by atoms with van der Waals surface area (Å²) in [5.41, 5.74) is -3.43. The van der Waals surface area contributed by atoms with Crippen molar-refractivity contribution in [1.29, 1.82) is 0 Å². The van der Waals surface area contributed by atoms with Gasteiger partial charge in [-0.05, 0) is 12.8 Å². The Hall–Kier alpha value is -0.420. The predicted molar refractivity (Wildman–Crippen MR) is 33.0 cm³/mol. The van der Waals surface area contributed by atoms with Crippen molar-refractivity contribution < 1.29 is 26.3 Å². The molecule has 0 unspecified atom stereocenters. The van der Waals surface area contributed by atoms with Gasteiger partial charge in [-0.25, -0.2) is 0 Å². The predicted octanol–water partition coefficient (Wildman–Crippen LogP) is 3.67. The molecule has 0 bridgehead atoms. The van der Waals surface area contributed by atoms with E-state index >= 15 is 0 Å². The highest BCUT2D eigenvalue weighted by Gasteiger charge is 2.70. The quantitative estimate of drug-likeness (QED) is 0.530. The molecule has 6 heteroatoms. The monoisotopic (exact) mass is 206 g/mol. The van der Waals surface area contributed by atoms with Crippen molar-refractivity contribution in [2.24, 2.45) is 5.41 Å². The highest BCUT2D eigenvalue weighted by Crippen LogP contribution is 2.59. The molecule has 0 aliphatic heterocycles. The van der Waals surface area contributed by atoms with Crippen LogP contribution in [-0.4, -0.2) is 12.4 Å². The van der Waals surface area contributed by atoms with E-state index in [0.29, 0.717) is 0 Å². The average molecular weight is 206 g/mol. The van der Waals surface area contributed by atoms with Crippen LogP contribution in [0.15, 0.2) is 0 Å². The Kier molecular flexibility index (Phi) is 2.28. The third-order valence-corrected chi connectivity index (χ3v) is 2.54. The zero-order chi connectivity index (χ0) is 10.3. The van der Waals surface area contributed by atoms with Crippen molar-refractivity contribution in [3.63, 3.8) is 0 Å². The second-order valence-corrected chi connectivity index (χ2v) is 3.28. The molecule has 1 saturated carbocycles. The third kappa shape index (κ3) is 1.50. The minimum absolute atomic E-state index is 0.000972. The Bertz CT molecular complexity index is 166. The van der Waals surface area contributed by atoms with Gasteiger partial charge in [-0.15, -0.1) is 0 Å². The zero-order valence-corrected chi connectivity index (χ0v) is 6.60. The second kappa shape index (κ2) is 2.78. The van der Waals surface area contributed by atoms with Crippen molar-refractivity contribution in [3.8, 4) is 0 Å². The smallest absolute Gasteiger partial charge is 0.170 e. The van der Waals surface area contributed by atoms with Crippen LogP contribution in [0.25, 0.3) is 0 Å². The summed E-state index contributed by atoms with van der Waals surface area (Å²) >= 11 is 0. The second-order valence-electron chi connectivity index (χ2n) is 3.28. The third-order valence-electron chi connectivity index (χ3n) is 2.54. The fraction of sp³-hybridized carbons (Fsp3) is 1.00. The molecule has 1 aliphatic carbocycles. The van der Waals surface area contributed by atoms with Crippen molar-refractivity contribution >= 4 is 0 Å². The van der Waals surface area contributed by atoms with Crippen molar-refractivity contribution in [1.82, 2.24) is 0 Å². The molecular weight excluding hydrogens is 198 g/mol. The maximum atomic E-state index is 12.2. The van der Waals surface area contributed by atoms with Crippen LogP contribution >= 0.6 is 0 Å². The summed E-state index contributed by atoms with van der Waals surface area (Å²) in [6, 6.07) is 0. The van der Waals surface area contributed by atoms with E-state index in [1.54, 1.807) is 0 Å². The number of hydrogen-bond donors (Lipinski definition) is 0. The molecule has 0 nitrogen and oxygen atoms in total. The van der Waals surface area contributed by atoms with Gasteiger partial charge in [0.15, 0.2) is 5.41 Å². The van der Waals surface area contributed by atoms with Crippen LogP contribution in [0, 0.1) is 5.41 Å². The summed E-state index contributed by atoms with van der Waals surface area (Å²) in [7, 11) is 0. The maximum Gasteiger partial charge on any atom is 0.403 e. The van der Waals surface area contributed by atoms with E-state index in [1.807, 2.05) is 0 Å². The minimum atomic E-state index is -5.16. The maximum absolute atomic E-state index is 12.2. The molecule has 78 valence electrons. The van der Waals surface area contributed by atoms with Gasteiger partial charge in [-0.1, -0.05) is 12.8 Å². The molecule has 0 spiro atoms. The average Bonchev–Trinajstić information content (AvgIpc) is 2.28. The highest BCUT2D eigenvalue weighted by atomic mass is 19.4. The minimum Gasteiger partial charge on any atom is -0.170 e. The van der Waals surface area contributed by atoms with Crippen molar-refractivity contribution in [2.45, 2.75) is 38.0 Å². The van der Waals surface area contributed by atoms with E-state index in [-0.39, 0.29) is 12.8 Å². The van der Waals surface area contributed by atoms with Crippen LogP contribution in [0.3, 0.4) is 0 Å². The first-order valence-electron chi connectivity index (χ1n) is 3.84. The van der Waals surface area contributed by atoms with Gasteiger partial charge in [-0.2, -0.15) is 26.3 Å². The van der Waals surface area contributed by atoms with E-state index in [1.165, 1.54) is 0 Å². The van der Waals surface area contributed by atoms with Crippen LogP contribution in [0.5, 0.6) is 0 Å². The first kappa shape index (κ1) is 10.7. The summed E-state index contributed by atoms with van der Waals surface area (Å²) in [6.07, 6.45) is -12.0. The molecule has 1 rings (SSSR count). The van der Waals surface area contributed by atoms with Gasteiger partial charge >= 0.3 is 12.4 Å². The summed E-state index contributed by atoms with van der Waals surface area (Å²) in [6.45, 7) is 0. The molecule has 0 amide bonds. The van der Waals surface area contributed by atoms with Crippen LogP contribution in [0.4, 0.5) is 26.3 Å². The van der Waals surface area contributed by atoms with E-state index in [2.05, 4.69) is 0 Å². The van der Waals surface area contributed by atoms with E-state index in [0.717, 1.165) is 0 Å². The number of alkyl halides is 6. The van der Waals surface area contributed by atoms with E-state index < -0.39 is 30.6 Å². The number of halogens is 6. The van der Waals surface area contributed by atoms with E-state index in [9.17, 15) is 26.3 Å². The summed E-state index contributed by atoms with van der Waals surface area (Å²) in [5, 5.41) is 0. The Morgan fingerprint density at radius 2 is 1.00 bits per heavy atom. The molecule has 0 saturated heterocycles. The molecular formula is C7H8F6. The first-order chi connectivity index (χ1) is 5.71. The largest absolute Gasteiger partial charge is 0.403 e. The van der Waals surface area contributed by atoms with Crippen LogP contribution in [0.1, 0.15) is 25.7 Å². The van der Waals surface area contributed by atoms with Gasteiger partial charge in [0.05, 0.1) is 0 Å². The molecule has 13 heavy (non-hydrogen) atoms. The Balaban J connectivity index is 3.02. The molecule has 0 heterocycles. The Morgan fingerprint density at radius 1 is 0.692 bits per heavy atom. The topological polar surface area (TPSA) is 0 Å². The fourth-order valence-corrected chi connectivity index (χ4v) is 1.71. The molecule has 0 aromatic heterocycles. The van der Waals surface area contributed by atoms with Crippen molar-refractivity contribution in [2.75, 3.05) is 0 Å². The molecule has 0 aromatic carbocycles. The lowest BCUT2D eigenvalue weighted by Gasteiger charge is -2.33. The lowest BCUT2D eigenvalue weighted by atomic mass is 9.85. The fourth-order valence-electron chi connectivity index (χ4n) is 1.71. The standard InChI is InChI=1S/C7H8F6/c8-6(9,10)5(7(11,12)13)3-1-2-4-5/h1-4H2. The van der Waals surface area contributed by atoms with Crippen LogP contribution in [0.2, 0.25) is 0 Å². The summed E-state index contributed by atoms with van der Waals surface area (Å²) in [4.78, 5) is 0. The zero-order valence-electron chi connectivity index (χ0n) is 6.60. The SMILES string of the molecule is FC(F)(F)C1(C(F)(F)F)CCCC1. The summed E-state index contributed by atoms with van der Waals surface area (Å²) in [5.74, 6) is 0. The van der Waals surface area contributed by atoms with Gasteiger partial charge in [0, 0.05) is 0 Å². The first-order valence-corrected chi connectivity index (χ1v) is 3.84. The number of rotatable bonds is 0. The Labute approximate surface area is 70.9 Å².